The third-order valence-electron chi connectivity index (χ3n) is 5.09. The molecule has 0 radical (unpaired) electrons. The molecule has 1 unspecified atom stereocenters. The van der Waals surface area contributed by atoms with E-state index in [1.165, 1.54) is 0 Å². The van der Waals surface area contributed by atoms with Gasteiger partial charge in [-0.1, -0.05) is 45.2 Å². The fourth-order valence-corrected chi connectivity index (χ4v) is 3.71. The third kappa shape index (κ3) is 3.21. The van der Waals surface area contributed by atoms with Crippen molar-refractivity contribution in [2.45, 2.75) is 32.2 Å². The van der Waals surface area contributed by atoms with E-state index in [0.717, 1.165) is 34.5 Å². The first-order valence-corrected chi connectivity index (χ1v) is 9.34. The zero-order valence-corrected chi connectivity index (χ0v) is 16.0. The largest absolute Gasteiger partial charge is 0.371 e. The Morgan fingerprint density at radius 3 is 2.44 bits per heavy atom. The van der Waals surface area contributed by atoms with Crippen molar-refractivity contribution >= 4 is 11.6 Å². The average molecular weight is 362 g/mol. The Morgan fingerprint density at radius 1 is 1.15 bits per heavy atom. The highest BCUT2D eigenvalue weighted by molar-refractivity contribution is 6.03. The summed E-state index contributed by atoms with van der Waals surface area (Å²) in [5.74, 6) is 0.111. The molecule has 1 aromatic carbocycles. The van der Waals surface area contributed by atoms with Crippen molar-refractivity contribution in [1.82, 2.24) is 15.5 Å². The van der Waals surface area contributed by atoms with Crippen LogP contribution in [-0.2, 0) is 4.79 Å². The van der Waals surface area contributed by atoms with Crippen LogP contribution in [0.4, 0.5) is 5.69 Å². The molecule has 0 bridgehead atoms. The van der Waals surface area contributed by atoms with Crippen LogP contribution in [0.1, 0.15) is 26.7 Å². The molecule has 1 aromatic heterocycles. The molecule has 2 aliphatic heterocycles. The smallest absolute Gasteiger partial charge is 0.253 e. The molecule has 1 amide bonds. The summed E-state index contributed by atoms with van der Waals surface area (Å²) in [7, 11) is 0. The van der Waals surface area contributed by atoms with Gasteiger partial charge in [0.15, 0.2) is 0 Å². The minimum absolute atomic E-state index is 0.111. The molecule has 0 aliphatic carbocycles. The number of aromatic nitrogens is 2. The number of H-pyrrole nitrogens is 1. The first-order chi connectivity index (χ1) is 13.2. The molecule has 2 aromatic rings. The molecule has 2 N–H and O–H groups in total. The van der Waals surface area contributed by atoms with Gasteiger partial charge in [0.2, 0.25) is 0 Å². The molecule has 4 rings (SSSR count). The summed E-state index contributed by atoms with van der Waals surface area (Å²) in [6.07, 6.45) is 8.65. The highest BCUT2D eigenvalue weighted by Gasteiger charge is 2.50. The molecule has 5 heteroatoms. The van der Waals surface area contributed by atoms with Crippen molar-refractivity contribution in [3.63, 3.8) is 0 Å². The number of hydrogen-bond donors (Lipinski definition) is 2. The number of hydrogen-bond acceptors (Lipinski definition) is 3. The van der Waals surface area contributed by atoms with Crippen LogP contribution in [0.2, 0.25) is 0 Å². The van der Waals surface area contributed by atoms with E-state index in [2.05, 4.69) is 28.7 Å². The molecule has 1 fully saturated rings. The molecular weight excluding hydrogens is 336 g/mol. The number of benzene rings is 1. The van der Waals surface area contributed by atoms with Gasteiger partial charge in [-0.2, -0.15) is 5.10 Å². The lowest BCUT2D eigenvalue weighted by atomic mass is 9.93. The predicted octanol–water partition coefficient (Wildman–Crippen LogP) is 4.20. The standard InChI is InChI=1S/C20H20N4O.C2H6/c1-3-14-11-20(23-18(14)4-2)9-10-24(19(20)25)17-7-5-15(6-8-17)16-12-21-22-13-16;1-2/h3-8,12-13,23H,1-2,9-11H2,(H,21,22);1-2H3. The highest BCUT2D eigenvalue weighted by Crippen LogP contribution is 2.39. The van der Waals surface area contributed by atoms with Gasteiger partial charge in [-0.05, 0) is 35.8 Å². The van der Waals surface area contributed by atoms with E-state index in [0.29, 0.717) is 13.0 Å². The van der Waals surface area contributed by atoms with Gasteiger partial charge in [0, 0.05) is 36.1 Å². The van der Waals surface area contributed by atoms with E-state index in [9.17, 15) is 4.79 Å². The molecule has 27 heavy (non-hydrogen) atoms. The summed E-state index contributed by atoms with van der Waals surface area (Å²) in [6, 6.07) is 8.02. The van der Waals surface area contributed by atoms with E-state index in [-0.39, 0.29) is 5.91 Å². The highest BCUT2D eigenvalue weighted by atomic mass is 16.2. The molecule has 3 heterocycles. The number of carbonyl (C=O) groups is 1. The number of aromatic amines is 1. The predicted molar refractivity (Wildman–Crippen MR) is 110 cm³/mol. The molecule has 1 atom stereocenters. The van der Waals surface area contributed by atoms with Crippen molar-refractivity contribution in [3.05, 3.63) is 73.2 Å². The lowest BCUT2D eigenvalue weighted by Gasteiger charge is -2.25. The monoisotopic (exact) mass is 362 g/mol. The Morgan fingerprint density at radius 2 is 1.89 bits per heavy atom. The lowest BCUT2D eigenvalue weighted by molar-refractivity contribution is -0.122. The van der Waals surface area contributed by atoms with Gasteiger partial charge in [-0.3, -0.25) is 9.89 Å². The van der Waals surface area contributed by atoms with Crippen molar-refractivity contribution in [2.75, 3.05) is 11.4 Å². The van der Waals surface area contributed by atoms with E-state index >= 15 is 0 Å². The van der Waals surface area contributed by atoms with Crippen LogP contribution in [0.15, 0.2) is 73.2 Å². The fourth-order valence-electron chi connectivity index (χ4n) is 3.71. The van der Waals surface area contributed by atoms with Crippen molar-refractivity contribution in [2.24, 2.45) is 0 Å². The number of carbonyl (C=O) groups excluding carboxylic acids is 1. The van der Waals surface area contributed by atoms with Gasteiger partial charge >= 0.3 is 0 Å². The van der Waals surface area contributed by atoms with Crippen LogP contribution in [0.5, 0.6) is 0 Å². The summed E-state index contributed by atoms with van der Waals surface area (Å²) in [5.41, 5.74) is 4.44. The molecule has 1 saturated heterocycles. The summed E-state index contributed by atoms with van der Waals surface area (Å²) < 4.78 is 0. The van der Waals surface area contributed by atoms with Gasteiger partial charge in [0.1, 0.15) is 5.54 Å². The molecule has 0 saturated carbocycles. The number of amides is 1. The molecule has 1 spiro atoms. The zero-order valence-electron chi connectivity index (χ0n) is 16.0. The number of nitrogens with zero attached hydrogens (tertiary/aromatic N) is 2. The molecule has 5 nitrogen and oxygen atoms in total. The topological polar surface area (TPSA) is 61.0 Å². The second kappa shape index (κ2) is 7.66. The number of allylic oxidation sites excluding steroid dienone is 2. The van der Waals surface area contributed by atoms with Crippen molar-refractivity contribution < 1.29 is 4.79 Å². The van der Waals surface area contributed by atoms with Gasteiger partial charge in [-0.15, -0.1) is 0 Å². The first-order valence-electron chi connectivity index (χ1n) is 9.34. The number of anilines is 1. The third-order valence-corrected chi connectivity index (χ3v) is 5.09. The van der Waals surface area contributed by atoms with E-state index in [1.54, 1.807) is 12.3 Å². The Balaban J connectivity index is 0.00000102. The van der Waals surface area contributed by atoms with E-state index in [1.807, 2.05) is 55.3 Å². The fraction of sp³-hybridized carbons (Fsp3) is 0.273. The first kappa shape index (κ1) is 18.7. The summed E-state index contributed by atoms with van der Waals surface area (Å²) in [6.45, 7) is 12.4. The van der Waals surface area contributed by atoms with Crippen molar-refractivity contribution in [1.29, 1.82) is 0 Å². The van der Waals surface area contributed by atoms with Crippen LogP contribution >= 0.6 is 0 Å². The lowest BCUT2D eigenvalue weighted by Crippen LogP contribution is -2.48. The summed E-state index contributed by atoms with van der Waals surface area (Å²) in [4.78, 5) is 15.0. The molecular formula is C22H26N4O. The zero-order chi connectivity index (χ0) is 19.4. The maximum atomic E-state index is 13.1. The van der Waals surface area contributed by atoms with Crippen LogP contribution < -0.4 is 10.2 Å². The van der Waals surface area contributed by atoms with E-state index in [4.69, 9.17) is 0 Å². The van der Waals surface area contributed by atoms with Gasteiger partial charge in [0.05, 0.1) is 6.20 Å². The maximum Gasteiger partial charge on any atom is 0.253 e. The Bertz CT molecular complexity index is 842. The quantitative estimate of drug-likeness (QED) is 0.857. The van der Waals surface area contributed by atoms with Crippen LogP contribution in [0.25, 0.3) is 11.1 Å². The van der Waals surface area contributed by atoms with Gasteiger partial charge in [-0.25, -0.2) is 0 Å². The number of nitrogens with one attached hydrogen (secondary N) is 2. The molecule has 140 valence electrons. The minimum atomic E-state index is -0.559. The normalized spacial score (nSPS) is 21.1. The Kier molecular flexibility index (Phi) is 5.31. The van der Waals surface area contributed by atoms with Crippen LogP contribution in [0.3, 0.4) is 0 Å². The summed E-state index contributed by atoms with van der Waals surface area (Å²) in [5, 5.41) is 10.2. The summed E-state index contributed by atoms with van der Waals surface area (Å²) >= 11 is 0. The SMILES string of the molecule is C=CC1=C(C=C)NC2(CCN(c3ccc(-c4cn[nH]c4)cc3)C2=O)C1.CC. The van der Waals surface area contributed by atoms with Crippen molar-refractivity contribution in [3.8, 4) is 11.1 Å². The second-order valence-corrected chi connectivity index (χ2v) is 6.47. The Hall–Kier alpha value is -3.08. The van der Waals surface area contributed by atoms with Gasteiger partial charge in [0.25, 0.3) is 5.91 Å². The van der Waals surface area contributed by atoms with Gasteiger partial charge < -0.3 is 10.2 Å². The minimum Gasteiger partial charge on any atom is -0.371 e. The van der Waals surface area contributed by atoms with Crippen LogP contribution in [-0.4, -0.2) is 28.2 Å². The number of rotatable bonds is 4. The second-order valence-electron chi connectivity index (χ2n) is 6.47. The Labute approximate surface area is 160 Å². The maximum absolute atomic E-state index is 13.1. The average Bonchev–Trinajstić information content (AvgIpc) is 3.44. The molecule has 2 aliphatic rings. The van der Waals surface area contributed by atoms with E-state index < -0.39 is 5.54 Å². The van der Waals surface area contributed by atoms with Crippen LogP contribution in [0, 0.1) is 0 Å².